The van der Waals surface area contributed by atoms with Gasteiger partial charge in [0.25, 0.3) is 0 Å². The van der Waals surface area contributed by atoms with Crippen molar-refractivity contribution in [2.75, 3.05) is 27.2 Å². The summed E-state index contributed by atoms with van der Waals surface area (Å²) in [5, 5.41) is 19.1. The van der Waals surface area contributed by atoms with E-state index in [0.717, 1.165) is 12.1 Å². The molecule has 0 saturated carbocycles. The van der Waals surface area contributed by atoms with Gasteiger partial charge in [-0.15, -0.1) is 0 Å². The van der Waals surface area contributed by atoms with Gasteiger partial charge in [0, 0.05) is 19.3 Å². The second-order valence-electron chi connectivity index (χ2n) is 7.18. The zero-order chi connectivity index (χ0) is 18.3. The molecule has 6 nitrogen and oxygen atoms in total. The van der Waals surface area contributed by atoms with E-state index in [-0.39, 0.29) is 18.6 Å². The summed E-state index contributed by atoms with van der Waals surface area (Å²) in [6.07, 6.45) is 4.44. The lowest BCUT2D eigenvalue weighted by atomic mass is 9.83. The largest absolute Gasteiger partial charge is 0.465 e. The molecule has 0 radical (unpaired) electrons. The maximum absolute atomic E-state index is 11.8. The van der Waals surface area contributed by atoms with Crippen LogP contribution in [0.5, 0.6) is 0 Å². The highest BCUT2D eigenvalue weighted by molar-refractivity contribution is 5.66. The highest BCUT2D eigenvalue weighted by Crippen LogP contribution is 2.37. The zero-order valence-corrected chi connectivity index (χ0v) is 15.2. The van der Waals surface area contributed by atoms with Crippen molar-refractivity contribution in [2.45, 2.75) is 33.4 Å². The van der Waals surface area contributed by atoms with E-state index >= 15 is 0 Å². The molecule has 0 fully saturated rings. The molecule has 0 aliphatic carbocycles. The third-order valence-electron chi connectivity index (χ3n) is 3.63. The predicted molar refractivity (Wildman–Crippen MR) is 94.8 cm³/mol. The Bertz CT molecular complexity index is 565. The summed E-state index contributed by atoms with van der Waals surface area (Å²) in [6.45, 7) is 6.92. The van der Waals surface area contributed by atoms with Gasteiger partial charge in [-0.3, -0.25) is 9.88 Å². The van der Waals surface area contributed by atoms with Crippen molar-refractivity contribution in [1.82, 2.24) is 14.8 Å². The molecule has 1 amide bonds. The summed E-state index contributed by atoms with van der Waals surface area (Å²) in [5.74, 6) is 0. The molecule has 24 heavy (non-hydrogen) atoms. The van der Waals surface area contributed by atoms with E-state index in [9.17, 15) is 15.0 Å². The first-order valence-electron chi connectivity index (χ1n) is 8.01. The molecule has 0 bridgehead atoms. The Morgan fingerprint density at radius 1 is 1.29 bits per heavy atom. The van der Waals surface area contributed by atoms with Crippen molar-refractivity contribution in [3.8, 4) is 0 Å². The number of aliphatic hydroxyl groups excluding tert-OH is 1. The SMILES string of the molecule is CN(C)CC=CCN(C(=O)O)C(c1cc(CO)ccn1)C(C)(C)C. The second kappa shape index (κ2) is 8.80. The van der Waals surface area contributed by atoms with Crippen LogP contribution in [0.25, 0.3) is 0 Å². The van der Waals surface area contributed by atoms with Crippen LogP contribution < -0.4 is 0 Å². The number of nitrogens with zero attached hydrogens (tertiary/aromatic N) is 3. The normalized spacial score (nSPS) is 13.5. The average Bonchev–Trinajstić information content (AvgIpc) is 2.48. The van der Waals surface area contributed by atoms with E-state index in [2.05, 4.69) is 4.98 Å². The fraction of sp³-hybridized carbons (Fsp3) is 0.556. The predicted octanol–water partition coefficient (Wildman–Crippen LogP) is 2.76. The van der Waals surface area contributed by atoms with Crippen LogP contribution >= 0.6 is 0 Å². The topological polar surface area (TPSA) is 76.9 Å². The molecule has 1 heterocycles. The number of carboxylic acid groups (broad SMARTS) is 1. The molecule has 1 rings (SSSR count). The molecule has 0 spiro atoms. The van der Waals surface area contributed by atoms with Crippen LogP contribution in [0, 0.1) is 5.41 Å². The fourth-order valence-corrected chi connectivity index (χ4v) is 2.58. The summed E-state index contributed by atoms with van der Waals surface area (Å²) < 4.78 is 0. The number of pyridine rings is 1. The van der Waals surface area contributed by atoms with E-state index in [4.69, 9.17) is 0 Å². The lowest BCUT2D eigenvalue weighted by Crippen LogP contribution is -2.41. The molecule has 1 atom stereocenters. The summed E-state index contributed by atoms with van der Waals surface area (Å²) in [5.41, 5.74) is 1.04. The monoisotopic (exact) mass is 335 g/mol. The van der Waals surface area contributed by atoms with E-state index in [1.807, 2.05) is 51.9 Å². The molecule has 2 N–H and O–H groups in total. The molecule has 134 valence electrons. The number of rotatable bonds is 7. The van der Waals surface area contributed by atoms with Gasteiger partial charge in [0.15, 0.2) is 0 Å². The lowest BCUT2D eigenvalue weighted by molar-refractivity contribution is 0.0872. The molecule has 0 aliphatic rings. The van der Waals surface area contributed by atoms with Crippen molar-refractivity contribution >= 4 is 6.09 Å². The maximum atomic E-state index is 11.8. The molecule has 0 aliphatic heterocycles. The van der Waals surface area contributed by atoms with Crippen molar-refractivity contribution in [3.05, 3.63) is 41.7 Å². The minimum Gasteiger partial charge on any atom is -0.465 e. The molecular weight excluding hydrogens is 306 g/mol. The van der Waals surface area contributed by atoms with E-state index in [1.165, 1.54) is 4.90 Å². The third kappa shape index (κ3) is 5.94. The second-order valence-corrected chi connectivity index (χ2v) is 7.18. The first-order chi connectivity index (χ1) is 11.2. The number of amides is 1. The van der Waals surface area contributed by atoms with Crippen molar-refractivity contribution in [3.63, 3.8) is 0 Å². The Morgan fingerprint density at radius 3 is 2.42 bits per heavy atom. The highest BCUT2D eigenvalue weighted by atomic mass is 16.4. The van der Waals surface area contributed by atoms with Gasteiger partial charge in [-0.1, -0.05) is 32.9 Å². The van der Waals surface area contributed by atoms with Gasteiger partial charge in [-0.2, -0.15) is 0 Å². The van der Waals surface area contributed by atoms with Gasteiger partial charge in [-0.25, -0.2) is 4.79 Å². The van der Waals surface area contributed by atoms with Gasteiger partial charge in [0.05, 0.1) is 18.3 Å². The van der Waals surface area contributed by atoms with Gasteiger partial charge < -0.3 is 15.1 Å². The van der Waals surface area contributed by atoms with E-state index in [0.29, 0.717) is 5.69 Å². The fourth-order valence-electron chi connectivity index (χ4n) is 2.58. The van der Waals surface area contributed by atoms with Crippen LogP contribution in [0.2, 0.25) is 0 Å². The lowest BCUT2D eigenvalue weighted by Gasteiger charge is -2.38. The van der Waals surface area contributed by atoms with Crippen molar-refractivity contribution < 1.29 is 15.0 Å². The van der Waals surface area contributed by atoms with E-state index < -0.39 is 12.1 Å². The number of aromatic nitrogens is 1. The average molecular weight is 335 g/mol. The van der Waals surface area contributed by atoms with Gasteiger partial charge in [0.2, 0.25) is 0 Å². The van der Waals surface area contributed by atoms with Crippen LogP contribution in [-0.4, -0.2) is 58.3 Å². The summed E-state index contributed by atoms with van der Waals surface area (Å²) in [7, 11) is 3.92. The minimum absolute atomic E-state index is 0.0950. The summed E-state index contributed by atoms with van der Waals surface area (Å²) in [4.78, 5) is 19.6. The highest BCUT2D eigenvalue weighted by Gasteiger charge is 2.35. The molecule has 0 saturated heterocycles. The number of hydrogen-bond donors (Lipinski definition) is 2. The van der Waals surface area contributed by atoms with Gasteiger partial charge >= 0.3 is 6.09 Å². The maximum Gasteiger partial charge on any atom is 0.408 e. The minimum atomic E-state index is -0.986. The van der Waals surface area contributed by atoms with Crippen molar-refractivity contribution in [2.24, 2.45) is 5.41 Å². The first kappa shape index (κ1) is 20.1. The van der Waals surface area contributed by atoms with Crippen LogP contribution in [-0.2, 0) is 6.61 Å². The van der Waals surface area contributed by atoms with Crippen LogP contribution in [0.15, 0.2) is 30.5 Å². The molecule has 1 unspecified atom stereocenters. The molecule has 6 heteroatoms. The van der Waals surface area contributed by atoms with Gasteiger partial charge in [0.1, 0.15) is 0 Å². The molecule has 1 aromatic heterocycles. The first-order valence-corrected chi connectivity index (χ1v) is 8.01. The summed E-state index contributed by atoms with van der Waals surface area (Å²) >= 11 is 0. The smallest absolute Gasteiger partial charge is 0.408 e. The van der Waals surface area contributed by atoms with Crippen LogP contribution in [0.1, 0.15) is 38.1 Å². The summed E-state index contributed by atoms with van der Waals surface area (Å²) in [6, 6.07) is 3.09. The Labute approximate surface area is 144 Å². The molecule has 0 aromatic carbocycles. The number of hydrogen-bond acceptors (Lipinski definition) is 4. The number of carbonyl (C=O) groups is 1. The Kier molecular flexibility index (Phi) is 7.38. The quantitative estimate of drug-likeness (QED) is 0.749. The Morgan fingerprint density at radius 2 is 1.92 bits per heavy atom. The Hall–Kier alpha value is -1.92. The van der Waals surface area contributed by atoms with Crippen LogP contribution in [0.3, 0.4) is 0 Å². The number of likely N-dealkylation sites (N-methyl/N-ethyl adjacent to an activating group) is 1. The standard InChI is InChI=1S/C18H29N3O3/c1-18(2,3)16(15-12-14(13-22)8-9-19-15)21(17(23)24)11-7-6-10-20(4)5/h6-9,12,16,22H,10-11,13H2,1-5H3,(H,23,24). The Balaban J connectivity index is 3.14. The molecular formula is C18H29N3O3. The number of aliphatic hydroxyl groups is 1. The zero-order valence-electron chi connectivity index (χ0n) is 15.2. The van der Waals surface area contributed by atoms with Crippen LogP contribution in [0.4, 0.5) is 4.79 Å². The molecule has 1 aromatic rings. The van der Waals surface area contributed by atoms with Crippen molar-refractivity contribution in [1.29, 1.82) is 0 Å². The third-order valence-corrected chi connectivity index (χ3v) is 3.63. The van der Waals surface area contributed by atoms with E-state index in [1.54, 1.807) is 18.3 Å². The van der Waals surface area contributed by atoms with Gasteiger partial charge in [-0.05, 0) is 37.2 Å².